The van der Waals surface area contributed by atoms with Crippen molar-refractivity contribution in [2.75, 3.05) is 4.72 Å². The molecule has 0 radical (unpaired) electrons. The van der Waals surface area contributed by atoms with Gasteiger partial charge in [-0.3, -0.25) is 9.52 Å². The highest BCUT2D eigenvalue weighted by Crippen LogP contribution is 2.21. The lowest BCUT2D eigenvalue weighted by Crippen LogP contribution is -2.24. The van der Waals surface area contributed by atoms with Crippen molar-refractivity contribution in [3.8, 4) is 5.69 Å². The Morgan fingerprint density at radius 2 is 1.76 bits per heavy atom. The maximum absolute atomic E-state index is 13.0. The van der Waals surface area contributed by atoms with Crippen molar-refractivity contribution in [2.24, 2.45) is 0 Å². The highest BCUT2D eigenvalue weighted by molar-refractivity contribution is 7.92. The Hall–Kier alpha value is -3.91. The molecule has 0 aliphatic carbocycles. The number of nitrogens with zero attached hydrogens (tertiary/aromatic N) is 2. The normalized spacial score (nSPS) is 11.2. The highest BCUT2D eigenvalue weighted by atomic mass is 32.2. The van der Waals surface area contributed by atoms with E-state index in [1.807, 2.05) is 54.1 Å². The highest BCUT2D eigenvalue weighted by Gasteiger charge is 2.19. The topological polar surface area (TPSA) is 93.1 Å². The smallest absolute Gasteiger partial charge is 0.262 e. The molecule has 0 saturated heterocycles. The molecule has 0 aliphatic heterocycles. The molecule has 1 aromatic heterocycles. The van der Waals surface area contributed by atoms with Crippen molar-refractivity contribution in [1.29, 1.82) is 0 Å². The van der Waals surface area contributed by atoms with Crippen LogP contribution in [0.5, 0.6) is 0 Å². The summed E-state index contributed by atoms with van der Waals surface area (Å²) in [4.78, 5) is 17.0. The van der Waals surface area contributed by atoms with Gasteiger partial charge < -0.3 is 9.88 Å². The third kappa shape index (κ3) is 5.12. The van der Waals surface area contributed by atoms with Gasteiger partial charge >= 0.3 is 0 Å². The molecule has 0 aliphatic rings. The van der Waals surface area contributed by atoms with Crippen molar-refractivity contribution in [1.82, 2.24) is 14.9 Å². The number of hydrogen-bond donors (Lipinski definition) is 2. The largest absolute Gasteiger partial charge is 0.348 e. The van der Waals surface area contributed by atoms with Gasteiger partial charge in [0.05, 0.1) is 16.9 Å². The fourth-order valence-electron chi connectivity index (χ4n) is 3.45. The molecule has 4 aromatic rings. The second-order valence-corrected chi connectivity index (χ2v) is 9.38. The number of sulfonamides is 1. The number of anilines is 1. The Kier molecular flexibility index (Phi) is 6.28. The molecule has 1 amide bonds. The van der Waals surface area contributed by atoms with Gasteiger partial charge in [-0.05, 0) is 55.3 Å². The fraction of sp³-hybridized carbons (Fsp3) is 0.120. The Balaban J connectivity index is 1.53. The van der Waals surface area contributed by atoms with Crippen LogP contribution in [-0.4, -0.2) is 23.9 Å². The number of hydrogen-bond acceptors (Lipinski definition) is 4. The minimum atomic E-state index is -3.86. The number of rotatable bonds is 7. The van der Waals surface area contributed by atoms with Gasteiger partial charge in [0.1, 0.15) is 0 Å². The van der Waals surface area contributed by atoms with Crippen LogP contribution in [0.25, 0.3) is 5.69 Å². The van der Waals surface area contributed by atoms with E-state index in [-0.39, 0.29) is 22.9 Å². The second kappa shape index (κ2) is 9.30. The molecule has 0 atom stereocenters. The van der Waals surface area contributed by atoms with E-state index in [0.717, 1.165) is 16.8 Å². The number of aromatic nitrogens is 2. The summed E-state index contributed by atoms with van der Waals surface area (Å²) in [6, 6.07) is 19.4. The Labute approximate surface area is 193 Å². The monoisotopic (exact) mass is 460 g/mol. The molecule has 0 bridgehead atoms. The number of aryl methyl sites for hydroxylation is 2. The zero-order valence-corrected chi connectivity index (χ0v) is 19.1. The molecule has 0 spiro atoms. The maximum Gasteiger partial charge on any atom is 0.262 e. The van der Waals surface area contributed by atoms with E-state index in [4.69, 9.17) is 0 Å². The summed E-state index contributed by atoms with van der Waals surface area (Å²) in [5.41, 5.74) is 4.13. The van der Waals surface area contributed by atoms with Gasteiger partial charge in [0.2, 0.25) is 0 Å². The van der Waals surface area contributed by atoms with Gasteiger partial charge in [0.25, 0.3) is 15.9 Å². The van der Waals surface area contributed by atoms with Crippen LogP contribution in [0.4, 0.5) is 5.69 Å². The number of nitrogens with one attached hydrogen (secondary N) is 2. The van der Waals surface area contributed by atoms with Crippen LogP contribution in [0.15, 0.2) is 90.3 Å². The molecule has 0 saturated carbocycles. The molecule has 2 N–H and O–H groups in total. The van der Waals surface area contributed by atoms with Gasteiger partial charge in [-0.2, -0.15) is 0 Å². The summed E-state index contributed by atoms with van der Waals surface area (Å²) in [6.07, 6.45) is 5.21. The molecular weight excluding hydrogens is 436 g/mol. The first-order valence-electron chi connectivity index (χ1n) is 10.4. The summed E-state index contributed by atoms with van der Waals surface area (Å²) >= 11 is 0. The first kappa shape index (κ1) is 22.3. The molecular formula is C25H24N4O3S. The Morgan fingerprint density at radius 1 is 1.00 bits per heavy atom. The predicted molar refractivity (Wildman–Crippen MR) is 128 cm³/mol. The van der Waals surface area contributed by atoms with E-state index in [1.165, 1.54) is 6.07 Å². The van der Waals surface area contributed by atoms with Crippen molar-refractivity contribution in [3.05, 3.63) is 108 Å². The van der Waals surface area contributed by atoms with Crippen LogP contribution >= 0.6 is 0 Å². The van der Waals surface area contributed by atoms with Crippen LogP contribution in [-0.2, 0) is 16.6 Å². The van der Waals surface area contributed by atoms with E-state index in [1.54, 1.807) is 43.7 Å². The Bertz CT molecular complexity index is 1380. The number of carbonyl (C=O) groups is 1. The molecule has 1 heterocycles. The maximum atomic E-state index is 13.0. The number of imidazole rings is 1. The first-order valence-corrected chi connectivity index (χ1v) is 11.9. The van der Waals surface area contributed by atoms with Gasteiger partial charge in [0.15, 0.2) is 0 Å². The molecule has 8 heteroatoms. The van der Waals surface area contributed by atoms with Crippen molar-refractivity contribution in [3.63, 3.8) is 0 Å². The third-order valence-corrected chi connectivity index (χ3v) is 6.78. The third-order valence-electron chi connectivity index (χ3n) is 5.26. The lowest BCUT2D eigenvalue weighted by molar-refractivity contribution is 0.0950. The molecule has 3 aromatic carbocycles. The molecule has 7 nitrogen and oxygen atoms in total. The molecule has 4 rings (SSSR count). The van der Waals surface area contributed by atoms with Crippen LogP contribution in [0.1, 0.15) is 27.0 Å². The molecule has 33 heavy (non-hydrogen) atoms. The van der Waals surface area contributed by atoms with E-state index in [2.05, 4.69) is 15.0 Å². The predicted octanol–water partition coefficient (Wildman–Crippen LogP) is 4.22. The van der Waals surface area contributed by atoms with Crippen molar-refractivity contribution < 1.29 is 13.2 Å². The lowest BCUT2D eigenvalue weighted by atomic mass is 10.1. The number of benzene rings is 3. The summed E-state index contributed by atoms with van der Waals surface area (Å²) in [7, 11) is -3.86. The zero-order valence-electron chi connectivity index (χ0n) is 18.3. The van der Waals surface area contributed by atoms with Gasteiger partial charge in [-0.25, -0.2) is 13.4 Å². The Morgan fingerprint density at radius 3 is 2.48 bits per heavy atom. The second-order valence-electron chi connectivity index (χ2n) is 7.73. The SMILES string of the molecule is Cc1ccc(NS(=O)(=O)c2cc(C(=O)NCc3ccccc3-n3ccnc3)ccc2C)cc1. The van der Waals surface area contributed by atoms with Crippen LogP contribution in [0.3, 0.4) is 0 Å². The summed E-state index contributed by atoms with van der Waals surface area (Å²) in [5, 5.41) is 2.88. The average molecular weight is 461 g/mol. The number of carbonyl (C=O) groups excluding carboxylic acids is 1. The number of amides is 1. The summed E-state index contributed by atoms with van der Waals surface area (Å²) < 4.78 is 30.4. The van der Waals surface area contributed by atoms with E-state index in [9.17, 15) is 13.2 Å². The summed E-state index contributed by atoms with van der Waals surface area (Å²) in [5.74, 6) is -0.359. The summed E-state index contributed by atoms with van der Waals surface area (Å²) in [6.45, 7) is 3.91. The van der Waals surface area contributed by atoms with Crippen molar-refractivity contribution in [2.45, 2.75) is 25.3 Å². The van der Waals surface area contributed by atoms with Crippen LogP contribution in [0, 0.1) is 13.8 Å². The quantitative estimate of drug-likeness (QED) is 0.432. The van der Waals surface area contributed by atoms with Crippen molar-refractivity contribution >= 4 is 21.6 Å². The van der Waals surface area contributed by atoms with Gasteiger partial charge in [0, 0.05) is 30.2 Å². The van der Waals surface area contributed by atoms with E-state index >= 15 is 0 Å². The first-order chi connectivity index (χ1) is 15.8. The van der Waals surface area contributed by atoms with Crippen LogP contribution < -0.4 is 10.0 Å². The van der Waals surface area contributed by atoms with Gasteiger partial charge in [-0.15, -0.1) is 0 Å². The zero-order chi connectivity index (χ0) is 23.4. The van der Waals surface area contributed by atoms with E-state index in [0.29, 0.717) is 11.3 Å². The molecule has 0 unspecified atom stereocenters. The van der Waals surface area contributed by atoms with E-state index < -0.39 is 10.0 Å². The molecule has 0 fully saturated rings. The minimum Gasteiger partial charge on any atom is -0.348 e. The van der Waals surface area contributed by atoms with Gasteiger partial charge in [-0.1, -0.05) is 42.0 Å². The van der Waals surface area contributed by atoms with Crippen LogP contribution in [0.2, 0.25) is 0 Å². The average Bonchev–Trinajstić information content (AvgIpc) is 3.34. The minimum absolute atomic E-state index is 0.0644. The molecule has 168 valence electrons. The fourth-order valence-corrected chi connectivity index (χ4v) is 4.78. The number of para-hydroxylation sites is 1. The lowest BCUT2D eigenvalue weighted by Gasteiger charge is -2.13. The standard InChI is InChI=1S/C25H24N4O3S/c1-18-7-11-22(12-8-18)28-33(31,32)24-15-20(10-9-19(24)2)25(30)27-16-21-5-3-4-6-23(21)29-14-13-26-17-29/h3-15,17,28H,16H2,1-2H3,(H,27,30).